The van der Waals surface area contributed by atoms with E-state index >= 15 is 0 Å². The fraction of sp³-hybridized carbons (Fsp3) is 0.524. The molecule has 4 N–H and O–H groups in total. The topological polar surface area (TPSA) is 86.5 Å². The molecule has 2 aromatic rings. The monoisotopic (exact) mass is 369 g/mol. The van der Waals surface area contributed by atoms with Gasteiger partial charge in [-0.2, -0.15) is 0 Å². The molecule has 146 valence electrons. The van der Waals surface area contributed by atoms with E-state index in [1.54, 1.807) is 0 Å². The number of fused-ring (bicyclic) bond motifs is 1. The molecule has 0 bridgehead atoms. The molecule has 1 amide bonds. The number of carbonyl (C=O) groups excluding carboxylic acids is 1. The Bertz CT molecular complexity index is 810. The number of hydrogen-bond acceptors (Lipinski definition) is 2. The Morgan fingerprint density at radius 2 is 2.26 bits per heavy atom. The van der Waals surface area contributed by atoms with Crippen LogP contribution >= 0.6 is 0 Å². The maximum atomic E-state index is 11.2. The second-order valence-electron chi connectivity index (χ2n) is 7.36. The van der Waals surface area contributed by atoms with E-state index in [4.69, 9.17) is 5.73 Å². The number of nitrogens with one attached hydrogen (secondary N) is 2. The van der Waals surface area contributed by atoms with Crippen molar-refractivity contribution >= 4 is 22.8 Å². The first-order chi connectivity index (χ1) is 13.1. The second-order valence-corrected chi connectivity index (χ2v) is 7.36. The van der Waals surface area contributed by atoms with Crippen molar-refractivity contribution < 1.29 is 4.79 Å². The fourth-order valence-corrected chi connectivity index (χ4v) is 4.13. The van der Waals surface area contributed by atoms with Crippen LogP contribution in [0.1, 0.15) is 37.3 Å². The van der Waals surface area contributed by atoms with E-state index in [0.29, 0.717) is 12.3 Å². The van der Waals surface area contributed by atoms with Gasteiger partial charge in [-0.05, 0) is 42.7 Å². The summed E-state index contributed by atoms with van der Waals surface area (Å²) < 4.78 is 0. The molecule has 6 heteroatoms. The minimum atomic E-state index is -0.212. The number of likely N-dealkylation sites (tertiary alicyclic amines) is 1. The highest BCUT2D eigenvalue weighted by atomic mass is 16.1. The van der Waals surface area contributed by atoms with Crippen molar-refractivity contribution in [3.63, 3.8) is 0 Å². The summed E-state index contributed by atoms with van der Waals surface area (Å²) in [7, 11) is 1.82. The van der Waals surface area contributed by atoms with E-state index in [1.165, 1.54) is 22.0 Å². The van der Waals surface area contributed by atoms with Gasteiger partial charge in [0.15, 0.2) is 5.96 Å². The zero-order valence-electron chi connectivity index (χ0n) is 16.4. The third-order valence-electron chi connectivity index (χ3n) is 5.47. The number of benzene rings is 1. The standard InChI is InChI=1S/C21H31N5O/c1-3-16-7-4-8-18-17(13-25-20(16)18)9-10-24-21(23-2)26-11-5-6-15(14-26)12-19(22)27/h4,7-8,13,15,25H,3,5-6,9-12,14H2,1-2H3,(H2,22,27)(H,23,24). The number of hydrogen-bond donors (Lipinski definition) is 3. The molecule has 1 fully saturated rings. The van der Waals surface area contributed by atoms with Crippen LogP contribution in [0.5, 0.6) is 0 Å². The predicted molar refractivity (Wildman–Crippen MR) is 111 cm³/mol. The minimum absolute atomic E-state index is 0.212. The number of aryl methyl sites for hydroxylation is 1. The van der Waals surface area contributed by atoms with Crippen LogP contribution in [0.25, 0.3) is 10.9 Å². The highest BCUT2D eigenvalue weighted by Crippen LogP contribution is 2.23. The molecule has 0 saturated carbocycles. The fourth-order valence-electron chi connectivity index (χ4n) is 4.13. The Morgan fingerprint density at radius 1 is 1.41 bits per heavy atom. The van der Waals surface area contributed by atoms with E-state index in [0.717, 1.165) is 51.3 Å². The van der Waals surface area contributed by atoms with Gasteiger partial charge in [0.2, 0.25) is 5.91 Å². The molecule has 6 nitrogen and oxygen atoms in total. The van der Waals surface area contributed by atoms with Gasteiger partial charge in [0.05, 0.1) is 0 Å². The number of nitrogens with zero attached hydrogens (tertiary/aromatic N) is 2. The number of aromatic amines is 1. The average Bonchev–Trinajstić information content (AvgIpc) is 3.08. The molecule has 0 aliphatic carbocycles. The highest BCUT2D eigenvalue weighted by molar-refractivity contribution is 5.86. The van der Waals surface area contributed by atoms with Gasteiger partial charge < -0.3 is 20.9 Å². The van der Waals surface area contributed by atoms with Crippen molar-refractivity contribution in [1.29, 1.82) is 0 Å². The summed E-state index contributed by atoms with van der Waals surface area (Å²) >= 11 is 0. The molecule has 1 aliphatic rings. The SMILES string of the molecule is CCc1cccc2c(CCNC(=NC)N3CCCC(CC(N)=O)C3)c[nH]c12. The van der Waals surface area contributed by atoms with Crippen molar-refractivity contribution in [3.05, 3.63) is 35.5 Å². The minimum Gasteiger partial charge on any atom is -0.370 e. The van der Waals surface area contributed by atoms with Gasteiger partial charge in [0.25, 0.3) is 0 Å². The lowest BCUT2D eigenvalue weighted by molar-refractivity contribution is -0.119. The van der Waals surface area contributed by atoms with Crippen LogP contribution in [0.15, 0.2) is 29.4 Å². The van der Waals surface area contributed by atoms with Gasteiger partial charge in [-0.15, -0.1) is 0 Å². The van der Waals surface area contributed by atoms with Crippen molar-refractivity contribution in [3.8, 4) is 0 Å². The third kappa shape index (κ3) is 4.62. The number of primary amides is 1. The van der Waals surface area contributed by atoms with Gasteiger partial charge in [0, 0.05) is 50.2 Å². The van der Waals surface area contributed by atoms with Gasteiger partial charge in [-0.3, -0.25) is 9.79 Å². The Morgan fingerprint density at radius 3 is 3.00 bits per heavy atom. The predicted octanol–water partition coefficient (Wildman–Crippen LogP) is 2.44. The molecule has 1 aromatic carbocycles. The Hall–Kier alpha value is -2.50. The van der Waals surface area contributed by atoms with Crippen LogP contribution in [0, 0.1) is 5.92 Å². The Balaban J connectivity index is 1.58. The molecular formula is C21H31N5O. The number of piperidine rings is 1. The smallest absolute Gasteiger partial charge is 0.217 e. The second kappa shape index (κ2) is 8.93. The van der Waals surface area contributed by atoms with Crippen molar-refractivity contribution in [2.24, 2.45) is 16.6 Å². The normalized spacial score (nSPS) is 18.1. The first kappa shape index (κ1) is 19.3. The van der Waals surface area contributed by atoms with E-state index in [-0.39, 0.29) is 5.91 Å². The molecule has 1 aromatic heterocycles. The van der Waals surface area contributed by atoms with Crippen LogP contribution in [0.3, 0.4) is 0 Å². The lowest BCUT2D eigenvalue weighted by Gasteiger charge is -2.34. The molecule has 27 heavy (non-hydrogen) atoms. The summed E-state index contributed by atoms with van der Waals surface area (Å²) in [4.78, 5) is 21.4. The number of H-pyrrole nitrogens is 1. The molecule has 2 heterocycles. The van der Waals surface area contributed by atoms with Crippen LogP contribution in [0.4, 0.5) is 0 Å². The largest absolute Gasteiger partial charge is 0.370 e. The number of rotatable bonds is 6. The van der Waals surface area contributed by atoms with Gasteiger partial charge in [-0.25, -0.2) is 0 Å². The zero-order valence-corrected chi connectivity index (χ0v) is 16.4. The number of aromatic nitrogens is 1. The number of amides is 1. The van der Waals surface area contributed by atoms with E-state index in [9.17, 15) is 4.79 Å². The number of guanidine groups is 1. The highest BCUT2D eigenvalue weighted by Gasteiger charge is 2.23. The summed E-state index contributed by atoms with van der Waals surface area (Å²) in [5, 5.41) is 4.80. The van der Waals surface area contributed by atoms with E-state index in [1.807, 2.05) is 7.05 Å². The lowest BCUT2D eigenvalue weighted by Crippen LogP contribution is -2.47. The molecule has 3 rings (SSSR count). The summed E-state index contributed by atoms with van der Waals surface area (Å²) in [6, 6.07) is 6.51. The number of nitrogens with two attached hydrogens (primary N) is 1. The maximum Gasteiger partial charge on any atom is 0.217 e. The third-order valence-corrected chi connectivity index (χ3v) is 5.47. The van der Waals surface area contributed by atoms with Gasteiger partial charge in [-0.1, -0.05) is 25.1 Å². The molecule has 0 spiro atoms. The summed E-state index contributed by atoms with van der Waals surface area (Å²) in [5.74, 6) is 1.03. The number of carbonyl (C=O) groups is 1. The quantitative estimate of drug-likeness (QED) is 0.540. The average molecular weight is 370 g/mol. The summed E-state index contributed by atoms with van der Waals surface area (Å²) in [6.07, 6.45) is 6.68. The van der Waals surface area contributed by atoms with Gasteiger partial charge >= 0.3 is 0 Å². The van der Waals surface area contributed by atoms with Crippen LogP contribution in [-0.2, 0) is 17.6 Å². The van der Waals surface area contributed by atoms with Crippen LogP contribution in [-0.4, -0.2) is 48.4 Å². The van der Waals surface area contributed by atoms with Crippen molar-refractivity contribution in [2.45, 2.75) is 39.0 Å². The Labute approximate surface area is 161 Å². The molecule has 1 atom stereocenters. The van der Waals surface area contributed by atoms with Gasteiger partial charge in [0.1, 0.15) is 0 Å². The number of aliphatic imine (C=N–C) groups is 1. The zero-order chi connectivity index (χ0) is 19.2. The first-order valence-corrected chi connectivity index (χ1v) is 9.94. The lowest BCUT2D eigenvalue weighted by atomic mass is 9.95. The van der Waals surface area contributed by atoms with Crippen molar-refractivity contribution in [2.75, 3.05) is 26.7 Å². The summed E-state index contributed by atoms with van der Waals surface area (Å²) in [5.41, 5.74) is 9.31. The van der Waals surface area contributed by atoms with E-state index in [2.05, 4.69) is 51.5 Å². The Kier molecular flexibility index (Phi) is 6.37. The van der Waals surface area contributed by atoms with Crippen molar-refractivity contribution in [1.82, 2.24) is 15.2 Å². The van der Waals surface area contributed by atoms with Crippen LogP contribution < -0.4 is 11.1 Å². The maximum absolute atomic E-state index is 11.2. The molecular weight excluding hydrogens is 338 g/mol. The molecule has 0 radical (unpaired) electrons. The molecule has 1 saturated heterocycles. The van der Waals surface area contributed by atoms with Crippen LogP contribution in [0.2, 0.25) is 0 Å². The summed E-state index contributed by atoms with van der Waals surface area (Å²) in [6.45, 7) is 4.83. The molecule has 1 unspecified atom stereocenters. The van der Waals surface area contributed by atoms with E-state index < -0.39 is 0 Å². The molecule has 1 aliphatic heterocycles. The number of para-hydroxylation sites is 1. The first-order valence-electron chi connectivity index (χ1n) is 9.94.